The van der Waals surface area contributed by atoms with Gasteiger partial charge in [0.05, 0.1) is 5.69 Å². The maximum atomic E-state index is 5.58. The molecule has 0 radical (unpaired) electrons. The molecule has 98 valence electrons. The minimum absolute atomic E-state index is 0.0258. The second-order valence-electron chi connectivity index (χ2n) is 4.26. The molecule has 0 bridgehead atoms. The Balaban J connectivity index is 2.17. The largest absolute Gasteiger partial charge is 0.444 e. The van der Waals surface area contributed by atoms with Crippen LogP contribution in [0.2, 0.25) is 0 Å². The van der Waals surface area contributed by atoms with E-state index >= 15 is 0 Å². The van der Waals surface area contributed by atoms with Gasteiger partial charge in [0.1, 0.15) is 24.2 Å². The van der Waals surface area contributed by atoms with Crippen molar-refractivity contribution in [3.05, 3.63) is 35.6 Å². The monoisotopic (exact) mass is 249 g/mol. The Morgan fingerprint density at radius 1 is 1.44 bits per heavy atom. The molecule has 0 fully saturated rings. The first-order valence-corrected chi connectivity index (χ1v) is 6.17. The highest BCUT2D eigenvalue weighted by Gasteiger charge is 2.14. The fraction of sp³-hybridized carbons (Fsp3) is 0.538. The predicted octanol–water partition coefficient (Wildman–Crippen LogP) is 2.63. The molecule has 1 atom stereocenters. The molecule has 0 aliphatic carbocycles. The number of nitrogens with zero attached hydrogens (tertiary/aromatic N) is 3. The van der Waals surface area contributed by atoms with E-state index in [1.807, 2.05) is 38.5 Å². The van der Waals surface area contributed by atoms with Crippen molar-refractivity contribution in [2.24, 2.45) is 0 Å². The Hall–Kier alpha value is -1.62. The first kappa shape index (κ1) is 12.8. The van der Waals surface area contributed by atoms with Crippen molar-refractivity contribution in [1.82, 2.24) is 14.5 Å². The van der Waals surface area contributed by atoms with Crippen LogP contribution < -0.4 is 0 Å². The number of hydrogen-bond donors (Lipinski definition) is 0. The van der Waals surface area contributed by atoms with E-state index in [0.717, 1.165) is 17.3 Å². The van der Waals surface area contributed by atoms with Gasteiger partial charge in [0.2, 0.25) is 5.89 Å². The third kappa shape index (κ3) is 2.61. The third-order valence-corrected chi connectivity index (χ3v) is 2.91. The Morgan fingerprint density at radius 2 is 2.22 bits per heavy atom. The molecule has 0 aliphatic heterocycles. The van der Waals surface area contributed by atoms with E-state index in [9.17, 15) is 0 Å². The van der Waals surface area contributed by atoms with E-state index in [2.05, 4.69) is 9.97 Å². The van der Waals surface area contributed by atoms with Crippen molar-refractivity contribution < 1.29 is 9.15 Å². The lowest BCUT2D eigenvalue weighted by molar-refractivity contribution is 0.0675. The summed E-state index contributed by atoms with van der Waals surface area (Å²) in [5.41, 5.74) is 0.935. The molecular weight excluding hydrogens is 230 g/mol. The van der Waals surface area contributed by atoms with E-state index in [4.69, 9.17) is 9.15 Å². The number of oxazole rings is 1. The van der Waals surface area contributed by atoms with E-state index < -0.39 is 0 Å². The highest BCUT2D eigenvalue weighted by Crippen LogP contribution is 2.17. The fourth-order valence-electron chi connectivity index (χ4n) is 1.89. The number of aromatic nitrogens is 3. The molecule has 1 unspecified atom stereocenters. The molecule has 2 rings (SSSR count). The Kier molecular flexibility index (Phi) is 3.81. The van der Waals surface area contributed by atoms with Gasteiger partial charge in [0, 0.05) is 19.0 Å². The van der Waals surface area contributed by atoms with Crippen molar-refractivity contribution in [2.45, 2.75) is 40.3 Å². The molecule has 18 heavy (non-hydrogen) atoms. The summed E-state index contributed by atoms with van der Waals surface area (Å²) in [6.07, 6.45) is 3.66. The first-order valence-electron chi connectivity index (χ1n) is 6.17. The summed E-state index contributed by atoms with van der Waals surface area (Å²) >= 11 is 0. The molecular formula is C13H19N3O2. The fourth-order valence-corrected chi connectivity index (χ4v) is 1.89. The van der Waals surface area contributed by atoms with Gasteiger partial charge in [-0.15, -0.1) is 0 Å². The minimum atomic E-state index is -0.0258. The summed E-state index contributed by atoms with van der Waals surface area (Å²) in [4.78, 5) is 8.70. The molecule has 0 N–H and O–H groups in total. The van der Waals surface area contributed by atoms with Gasteiger partial charge in [-0.05, 0) is 27.7 Å². The number of imidazole rings is 1. The molecule has 2 aromatic rings. The second kappa shape index (κ2) is 5.35. The van der Waals surface area contributed by atoms with Crippen molar-refractivity contribution in [2.75, 3.05) is 6.61 Å². The quantitative estimate of drug-likeness (QED) is 0.817. The van der Waals surface area contributed by atoms with Gasteiger partial charge in [-0.25, -0.2) is 9.97 Å². The van der Waals surface area contributed by atoms with Gasteiger partial charge in [0.15, 0.2) is 0 Å². The molecule has 0 aliphatic rings. The van der Waals surface area contributed by atoms with Crippen LogP contribution in [0.1, 0.15) is 43.1 Å². The van der Waals surface area contributed by atoms with Crippen LogP contribution >= 0.6 is 0 Å². The summed E-state index contributed by atoms with van der Waals surface area (Å²) in [6, 6.07) is 0. The summed E-state index contributed by atoms with van der Waals surface area (Å²) in [7, 11) is 0. The molecule has 0 aromatic carbocycles. The summed E-state index contributed by atoms with van der Waals surface area (Å²) in [6.45, 7) is 9.09. The molecule has 0 saturated carbocycles. The Labute approximate surface area is 107 Å². The third-order valence-electron chi connectivity index (χ3n) is 2.91. The lowest BCUT2D eigenvalue weighted by Crippen LogP contribution is -2.10. The van der Waals surface area contributed by atoms with E-state index in [1.54, 1.807) is 6.20 Å². The normalized spacial score (nSPS) is 12.9. The topological polar surface area (TPSA) is 53.1 Å². The van der Waals surface area contributed by atoms with E-state index in [0.29, 0.717) is 19.0 Å². The van der Waals surface area contributed by atoms with Gasteiger partial charge < -0.3 is 13.7 Å². The van der Waals surface area contributed by atoms with Crippen molar-refractivity contribution >= 4 is 0 Å². The lowest BCUT2D eigenvalue weighted by Gasteiger charge is -2.12. The predicted molar refractivity (Wildman–Crippen MR) is 67.3 cm³/mol. The molecule has 0 spiro atoms. The Morgan fingerprint density at radius 3 is 2.83 bits per heavy atom. The highest BCUT2D eigenvalue weighted by molar-refractivity contribution is 5.07. The standard InChI is InChI=1S/C13H19N3O2/c1-5-17-11(4)13-14-6-7-16(13)8-12-15-9(2)10(3)18-12/h6-7,11H,5,8H2,1-4H3. The Bertz CT molecular complexity index is 497. The van der Waals surface area contributed by atoms with Crippen LogP contribution in [0.4, 0.5) is 0 Å². The van der Waals surface area contributed by atoms with Gasteiger partial charge in [0.25, 0.3) is 0 Å². The van der Waals surface area contributed by atoms with Crippen LogP contribution in [0.5, 0.6) is 0 Å². The van der Waals surface area contributed by atoms with Gasteiger partial charge >= 0.3 is 0 Å². The zero-order chi connectivity index (χ0) is 13.1. The van der Waals surface area contributed by atoms with E-state index in [1.165, 1.54) is 0 Å². The number of rotatable bonds is 5. The molecule has 2 aromatic heterocycles. The van der Waals surface area contributed by atoms with Crippen LogP contribution in [0, 0.1) is 13.8 Å². The van der Waals surface area contributed by atoms with Crippen LogP contribution in [-0.4, -0.2) is 21.1 Å². The summed E-state index contributed by atoms with van der Waals surface area (Å²) in [5.74, 6) is 2.46. The van der Waals surface area contributed by atoms with Gasteiger partial charge in [-0.2, -0.15) is 0 Å². The number of ether oxygens (including phenoxy) is 1. The highest BCUT2D eigenvalue weighted by atomic mass is 16.5. The van der Waals surface area contributed by atoms with Crippen LogP contribution in [0.3, 0.4) is 0 Å². The number of hydrogen-bond acceptors (Lipinski definition) is 4. The van der Waals surface area contributed by atoms with Crippen LogP contribution in [-0.2, 0) is 11.3 Å². The zero-order valence-corrected chi connectivity index (χ0v) is 11.3. The molecule has 0 amide bonds. The lowest BCUT2D eigenvalue weighted by atomic mass is 10.3. The van der Waals surface area contributed by atoms with E-state index in [-0.39, 0.29) is 6.10 Å². The average Bonchev–Trinajstić information content (AvgIpc) is 2.88. The zero-order valence-electron chi connectivity index (χ0n) is 11.3. The second-order valence-corrected chi connectivity index (χ2v) is 4.26. The summed E-state index contributed by atoms with van der Waals surface area (Å²) < 4.78 is 13.1. The minimum Gasteiger partial charge on any atom is -0.444 e. The van der Waals surface area contributed by atoms with Crippen molar-refractivity contribution in [1.29, 1.82) is 0 Å². The first-order chi connectivity index (χ1) is 8.61. The summed E-state index contributed by atoms with van der Waals surface area (Å²) in [5, 5.41) is 0. The molecule has 0 saturated heterocycles. The SMILES string of the molecule is CCOC(C)c1nccn1Cc1nc(C)c(C)o1. The molecule has 2 heterocycles. The smallest absolute Gasteiger partial charge is 0.214 e. The van der Waals surface area contributed by atoms with Crippen molar-refractivity contribution in [3.8, 4) is 0 Å². The van der Waals surface area contributed by atoms with Crippen molar-refractivity contribution in [3.63, 3.8) is 0 Å². The maximum absolute atomic E-state index is 5.58. The molecule has 5 heteroatoms. The van der Waals surface area contributed by atoms with Gasteiger partial charge in [-0.3, -0.25) is 0 Å². The van der Waals surface area contributed by atoms with Gasteiger partial charge in [-0.1, -0.05) is 0 Å². The van der Waals surface area contributed by atoms with Crippen LogP contribution in [0.15, 0.2) is 16.8 Å². The van der Waals surface area contributed by atoms with Crippen LogP contribution in [0.25, 0.3) is 0 Å². The average molecular weight is 249 g/mol. The maximum Gasteiger partial charge on any atom is 0.214 e. The number of aryl methyl sites for hydroxylation is 2. The molecule has 5 nitrogen and oxygen atoms in total.